The highest BCUT2D eigenvalue weighted by Crippen LogP contribution is 2.05. The van der Waals surface area contributed by atoms with Crippen molar-refractivity contribution in [1.82, 2.24) is 15.1 Å². The number of guanidine groups is 1. The summed E-state index contributed by atoms with van der Waals surface area (Å²) in [5.74, 6) is 0.644. The van der Waals surface area contributed by atoms with E-state index in [1.54, 1.807) is 18.7 Å². The Morgan fingerprint density at radius 1 is 1.00 bits per heavy atom. The zero-order chi connectivity index (χ0) is 17.8. The number of amides is 1. The van der Waals surface area contributed by atoms with Crippen LogP contribution in [0.4, 0.5) is 4.79 Å². The van der Waals surface area contributed by atoms with E-state index in [-0.39, 0.29) is 12.1 Å². The van der Waals surface area contributed by atoms with Crippen molar-refractivity contribution < 1.29 is 19.1 Å². The van der Waals surface area contributed by atoms with E-state index < -0.39 is 0 Å². The molecule has 8 heteroatoms. The molecule has 0 spiro atoms. The van der Waals surface area contributed by atoms with E-state index in [0.717, 1.165) is 12.5 Å². The topological polar surface area (TPSA) is 83.5 Å². The van der Waals surface area contributed by atoms with Gasteiger partial charge in [-0.25, -0.2) is 4.79 Å². The van der Waals surface area contributed by atoms with Crippen molar-refractivity contribution in [2.75, 3.05) is 52.5 Å². The second kappa shape index (κ2) is 11.5. The molecule has 1 heterocycles. The van der Waals surface area contributed by atoms with E-state index in [2.05, 4.69) is 15.2 Å². The number of aliphatic imine (C=N–C) groups is 1. The second-order valence-electron chi connectivity index (χ2n) is 5.32. The summed E-state index contributed by atoms with van der Waals surface area (Å²) in [6, 6.07) is 0. The molecule has 138 valence electrons. The minimum Gasteiger partial charge on any atom is -0.466 e. The van der Waals surface area contributed by atoms with Gasteiger partial charge < -0.3 is 24.6 Å². The minimum absolute atomic E-state index is 0.180. The Hall–Kier alpha value is -1.99. The number of carbonyl (C=O) groups is 2. The van der Waals surface area contributed by atoms with Crippen molar-refractivity contribution in [2.45, 2.75) is 33.6 Å². The highest BCUT2D eigenvalue weighted by Gasteiger charge is 2.23. The normalized spacial score (nSPS) is 15.2. The summed E-state index contributed by atoms with van der Waals surface area (Å²) in [6.07, 6.45) is 0.790. The van der Waals surface area contributed by atoms with Crippen molar-refractivity contribution in [2.24, 2.45) is 4.99 Å². The van der Waals surface area contributed by atoms with Crippen LogP contribution >= 0.6 is 0 Å². The van der Waals surface area contributed by atoms with Gasteiger partial charge in [0.05, 0.1) is 13.2 Å². The molecular formula is C16H30N4O4. The van der Waals surface area contributed by atoms with Gasteiger partial charge in [-0.2, -0.15) is 0 Å². The van der Waals surface area contributed by atoms with Crippen LogP contribution in [0.15, 0.2) is 4.99 Å². The zero-order valence-corrected chi connectivity index (χ0v) is 15.0. The van der Waals surface area contributed by atoms with Crippen LogP contribution in [0.2, 0.25) is 0 Å². The monoisotopic (exact) mass is 342 g/mol. The Kier molecular flexibility index (Phi) is 9.64. The van der Waals surface area contributed by atoms with Gasteiger partial charge in [0.15, 0.2) is 5.96 Å². The van der Waals surface area contributed by atoms with E-state index in [9.17, 15) is 9.59 Å². The molecular weight excluding hydrogens is 312 g/mol. The molecule has 0 aromatic rings. The number of ether oxygens (including phenoxy) is 2. The number of nitrogens with zero attached hydrogens (tertiary/aromatic N) is 3. The first kappa shape index (κ1) is 20.1. The van der Waals surface area contributed by atoms with Crippen molar-refractivity contribution in [3.05, 3.63) is 0 Å². The lowest BCUT2D eigenvalue weighted by Crippen LogP contribution is -2.53. The number of carbonyl (C=O) groups excluding carboxylic acids is 2. The first-order valence-corrected chi connectivity index (χ1v) is 8.72. The molecule has 0 radical (unpaired) electrons. The molecule has 1 aliphatic rings. The van der Waals surface area contributed by atoms with Crippen molar-refractivity contribution in [3.8, 4) is 0 Å². The Morgan fingerprint density at radius 3 is 2.21 bits per heavy atom. The Morgan fingerprint density at radius 2 is 1.62 bits per heavy atom. The lowest BCUT2D eigenvalue weighted by molar-refractivity contribution is -0.143. The largest absolute Gasteiger partial charge is 0.466 e. The molecule has 0 unspecified atom stereocenters. The van der Waals surface area contributed by atoms with Crippen LogP contribution < -0.4 is 5.32 Å². The van der Waals surface area contributed by atoms with Gasteiger partial charge in [0.2, 0.25) is 0 Å². The lowest BCUT2D eigenvalue weighted by Gasteiger charge is -2.35. The molecule has 0 aliphatic carbocycles. The molecule has 0 bridgehead atoms. The Balaban J connectivity index is 2.43. The van der Waals surface area contributed by atoms with Crippen LogP contribution in [0.5, 0.6) is 0 Å². The SMILES string of the molecule is CCNC(=NCCCC(=O)OCC)N1CCN(C(=O)OCC)CC1. The molecule has 1 rings (SSSR count). The molecule has 0 aromatic heterocycles. The maximum atomic E-state index is 11.7. The predicted octanol–water partition coefficient (Wildman–Crippen LogP) is 1.07. The van der Waals surface area contributed by atoms with Gasteiger partial charge in [0.25, 0.3) is 0 Å². The van der Waals surface area contributed by atoms with Gasteiger partial charge in [-0.05, 0) is 27.2 Å². The van der Waals surface area contributed by atoms with E-state index in [1.165, 1.54) is 0 Å². The van der Waals surface area contributed by atoms with Crippen LogP contribution in [-0.2, 0) is 14.3 Å². The van der Waals surface area contributed by atoms with Gasteiger partial charge >= 0.3 is 12.1 Å². The van der Waals surface area contributed by atoms with Gasteiger partial charge in [0, 0.05) is 45.7 Å². The van der Waals surface area contributed by atoms with Crippen molar-refractivity contribution in [3.63, 3.8) is 0 Å². The van der Waals surface area contributed by atoms with Gasteiger partial charge in [0.1, 0.15) is 0 Å². The number of hydrogen-bond acceptors (Lipinski definition) is 5. The van der Waals surface area contributed by atoms with Crippen molar-refractivity contribution in [1.29, 1.82) is 0 Å². The molecule has 1 aliphatic heterocycles. The van der Waals surface area contributed by atoms with Crippen LogP contribution in [-0.4, -0.2) is 80.3 Å². The third kappa shape index (κ3) is 7.06. The molecule has 1 saturated heterocycles. The molecule has 0 atom stereocenters. The quantitative estimate of drug-likeness (QED) is 0.322. The standard InChI is InChI=1S/C16H30N4O4/c1-4-17-15(18-9-7-8-14(21)23-5-2)19-10-12-20(13-11-19)16(22)24-6-3/h4-13H2,1-3H3,(H,17,18). The Bertz CT molecular complexity index is 420. The molecule has 0 saturated carbocycles. The third-order valence-corrected chi connectivity index (χ3v) is 3.55. The molecule has 1 fully saturated rings. The summed E-state index contributed by atoms with van der Waals surface area (Å²) in [4.78, 5) is 31.5. The number of hydrogen-bond donors (Lipinski definition) is 1. The van der Waals surface area contributed by atoms with E-state index in [0.29, 0.717) is 58.8 Å². The smallest absolute Gasteiger partial charge is 0.409 e. The summed E-state index contributed by atoms with van der Waals surface area (Å²) in [5.41, 5.74) is 0. The molecule has 1 N–H and O–H groups in total. The van der Waals surface area contributed by atoms with Gasteiger partial charge in [-0.3, -0.25) is 9.79 Å². The summed E-state index contributed by atoms with van der Waals surface area (Å²) >= 11 is 0. The van der Waals surface area contributed by atoms with Gasteiger partial charge in [-0.15, -0.1) is 0 Å². The minimum atomic E-state index is -0.256. The first-order chi connectivity index (χ1) is 11.6. The van der Waals surface area contributed by atoms with Crippen LogP contribution in [0.1, 0.15) is 33.6 Å². The number of piperazine rings is 1. The fourth-order valence-electron chi connectivity index (χ4n) is 2.38. The summed E-state index contributed by atoms with van der Waals surface area (Å²) in [6.45, 7) is 10.4. The third-order valence-electron chi connectivity index (χ3n) is 3.55. The first-order valence-electron chi connectivity index (χ1n) is 8.72. The second-order valence-corrected chi connectivity index (χ2v) is 5.32. The number of nitrogens with one attached hydrogen (secondary N) is 1. The summed E-state index contributed by atoms with van der Waals surface area (Å²) < 4.78 is 9.93. The zero-order valence-electron chi connectivity index (χ0n) is 15.0. The predicted molar refractivity (Wildman–Crippen MR) is 92.0 cm³/mol. The Labute approximate surface area is 144 Å². The maximum absolute atomic E-state index is 11.7. The van der Waals surface area contributed by atoms with E-state index in [4.69, 9.17) is 9.47 Å². The molecule has 8 nitrogen and oxygen atoms in total. The van der Waals surface area contributed by atoms with Crippen LogP contribution in [0, 0.1) is 0 Å². The molecule has 24 heavy (non-hydrogen) atoms. The fraction of sp³-hybridized carbons (Fsp3) is 0.812. The lowest BCUT2D eigenvalue weighted by atomic mass is 10.3. The number of rotatable bonds is 7. The fourth-order valence-corrected chi connectivity index (χ4v) is 2.38. The van der Waals surface area contributed by atoms with Gasteiger partial charge in [-0.1, -0.05) is 0 Å². The molecule has 1 amide bonds. The van der Waals surface area contributed by atoms with E-state index >= 15 is 0 Å². The average Bonchev–Trinajstić information content (AvgIpc) is 2.58. The van der Waals surface area contributed by atoms with E-state index in [1.807, 2.05) is 6.92 Å². The van der Waals surface area contributed by atoms with Crippen molar-refractivity contribution >= 4 is 18.0 Å². The highest BCUT2D eigenvalue weighted by molar-refractivity contribution is 5.80. The average molecular weight is 342 g/mol. The van der Waals surface area contributed by atoms with Crippen LogP contribution in [0.25, 0.3) is 0 Å². The summed E-state index contributed by atoms with van der Waals surface area (Å²) in [5, 5.41) is 3.26. The number of esters is 1. The summed E-state index contributed by atoms with van der Waals surface area (Å²) in [7, 11) is 0. The highest BCUT2D eigenvalue weighted by atomic mass is 16.6. The molecule has 0 aromatic carbocycles. The maximum Gasteiger partial charge on any atom is 0.409 e. The van der Waals surface area contributed by atoms with Crippen LogP contribution in [0.3, 0.4) is 0 Å².